The SMILES string of the molecule is C=C(CCCCCCN(C)C)C(N)=O. The third-order valence-corrected chi connectivity index (χ3v) is 2.18. The van der Waals surface area contributed by atoms with E-state index in [9.17, 15) is 4.79 Å². The Morgan fingerprint density at radius 2 is 1.79 bits per heavy atom. The van der Waals surface area contributed by atoms with Gasteiger partial charge in [0.05, 0.1) is 0 Å². The maximum absolute atomic E-state index is 10.6. The van der Waals surface area contributed by atoms with E-state index in [0.717, 1.165) is 25.8 Å². The minimum Gasteiger partial charge on any atom is -0.366 e. The molecule has 0 aliphatic rings. The van der Waals surface area contributed by atoms with Crippen molar-refractivity contribution < 1.29 is 4.79 Å². The van der Waals surface area contributed by atoms with Crippen LogP contribution in [-0.2, 0) is 4.79 Å². The van der Waals surface area contributed by atoms with Gasteiger partial charge >= 0.3 is 0 Å². The number of nitrogens with two attached hydrogens (primary N) is 1. The lowest BCUT2D eigenvalue weighted by Gasteiger charge is -2.08. The van der Waals surface area contributed by atoms with E-state index < -0.39 is 0 Å². The zero-order valence-electron chi connectivity index (χ0n) is 9.38. The van der Waals surface area contributed by atoms with Crippen molar-refractivity contribution in [2.45, 2.75) is 32.1 Å². The molecule has 0 aromatic heterocycles. The summed E-state index contributed by atoms with van der Waals surface area (Å²) in [5.74, 6) is -0.363. The fourth-order valence-corrected chi connectivity index (χ4v) is 1.24. The number of hydrogen-bond donors (Lipinski definition) is 1. The largest absolute Gasteiger partial charge is 0.366 e. The smallest absolute Gasteiger partial charge is 0.244 e. The molecule has 0 atom stereocenters. The average Bonchev–Trinajstić information content (AvgIpc) is 2.09. The van der Waals surface area contributed by atoms with E-state index in [0.29, 0.717) is 5.57 Å². The van der Waals surface area contributed by atoms with Gasteiger partial charge in [-0.25, -0.2) is 0 Å². The maximum atomic E-state index is 10.6. The number of rotatable bonds is 8. The van der Waals surface area contributed by atoms with Crippen LogP contribution in [0.3, 0.4) is 0 Å². The molecular weight excluding hydrogens is 176 g/mol. The molecule has 0 saturated carbocycles. The lowest BCUT2D eigenvalue weighted by atomic mass is 10.1. The molecule has 0 fully saturated rings. The topological polar surface area (TPSA) is 46.3 Å². The van der Waals surface area contributed by atoms with Gasteiger partial charge in [0.25, 0.3) is 0 Å². The number of hydrogen-bond acceptors (Lipinski definition) is 2. The average molecular weight is 198 g/mol. The second-order valence-corrected chi connectivity index (χ2v) is 3.94. The standard InChI is InChI=1S/C11H22N2O/c1-10(11(12)14)8-6-4-5-7-9-13(2)3/h1,4-9H2,2-3H3,(H2,12,14). The highest BCUT2D eigenvalue weighted by Crippen LogP contribution is 2.08. The van der Waals surface area contributed by atoms with Gasteiger partial charge in [0.2, 0.25) is 5.91 Å². The summed E-state index contributed by atoms with van der Waals surface area (Å²) in [7, 11) is 4.16. The van der Waals surface area contributed by atoms with Gasteiger partial charge in [0.1, 0.15) is 0 Å². The predicted octanol–water partition coefficient (Wildman–Crippen LogP) is 1.54. The highest BCUT2D eigenvalue weighted by Gasteiger charge is 2.00. The summed E-state index contributed by atoms with van der Waals surface area (Å²) in [5.41, 5.74) is 5.62. The van der Waals surface area contributed by atoms with Gasteiger partial charge < -0.3 is 10.6 Å². The summed E-state index contributed by atoms with van der Waals surface area (Å²) in [4.78, 5) is 12.8. The van der Waals surface area contributed by atoms with Crippen LogP contribution in [0.5, 0.6) is 0 Å². The van der Waals surface area contributed by atoms with Gasteiger partial charge in [-0.3, -0.25) is 4.79 Å². The van der Waals surface area contributed by atoms with Crippen molar-refractivity contribution in [1.29, 1.82) is 0 Å². The van der Waals surface area contributed by atoms with E-state index in [1.54, 1.807) is 0 Å². The third-order valence-electron chi connectivity index (χ3n) is 2.18. The van der Waals surface area contributed by atoms with Crippen LogP contribution in [0.25, 0.3) is 0 Å². The number of unbranched alkanes of at least 4 members (excludes halogenated alkanes) is 3. The maximum Gasteiger partial charge on any atom is 0.244 e. The van der Waals surface area contributed by atoms with Crippen LogP contribution in [-0.4, -0.2) is 31.4 Å². The zero-order chi connectivity index (χ0) is 11.0. The molecule has 1 amide bonds. The highest BCUT2D eigenvalue weighted by atomic mass is 16.1. The van der Waals surface area contributed by atoms with Crippen molar-refractivity contribution in [3.8, 4) is 0 Å². The van der Waals surface area contributed by atoms with Crippen molar-refractivity contribution in [1.82, 2.24) is 4.90 Å². The Bertz CT molecular complexity index is 188. The molecular formula is C11H22N2O. The van der Waals surface area contributed by atoms with Gasteiger partial charge in [-0.1, -0.05) is 19.4 Å². The summed E-state index contributed by atoms with van der Waals surface area (Å²) in [6.45, 7) is 4.75. The van der Waals surface area contributed by atoms with E-state index in [2.05, 4.69) is 25.6 Å². The molecule has 0 saturated heterocycles. The van der Waals surface area contributed by atoms with Gasteiger partial charge in [0, 0.05) is 5.57 Å². The minimum absolute atomic E-state index is 0.363. The normalized spacial score (nSPS) is 10.5. The number of primary amides is 1. The fraction of sp³-hybridized carbons (Fsp3) is 0.727. The zero-order valence-corrected chi connectivity index (χ0v) is 9.38. The molecule has 14 heavy (non-hydrogen) atoms. The molecule has 0 radical (unpaired) electrons. The number of carbonyl (C=O) groups is 1. The van der Waals surface area contributed by atoms with Crippen LogP contribution >= 0.6 is 0 Å². The van der Waals surface area contributed by atoms with Crippen LogP contribution in [0.4, 0.5) is 0 Å². The van der Waals surface area contributed by atoms with Crippen molar-refractivity contribution in [2.24, 2.45) is 5.73 Å². The molecule has 0 rings (SSSR count). The molecule has 3 nitrogen and oxygen atoms in total. The quantitative estimate of drug-likeness (QED) is 0.475. The Hall–Kier alpha value is -0.830. The summed E-state index contributed by atoms with van der Waals surface area (Å²) >= 11 is 0. The second-order valence-electron chi connectivity index (χ2n) is 3.94. The molecule has 3 heteroatoms. The lowest BCUT2D eigenvalue weighted by molar-refractivity contribution is -0.114. The van der Waals surface area contributed by atoms with Crippen LogP contribution in [0.2, 0.25) is 0 Å². The van der Waals surface area contributed by atoms with Crippen molar-refractivity contribution in [3.63, 3.8) is 0 Å². The fourth-order valence-electron chi connectivity index (χ4n) is 1.24. The summed E-state index contributed by atoms with van der Waals surface area (Å²) < 4.78 is 0. The number of amides is 1. The molecule has 0 aliphatic heterocycles. The van der Waals surface area contributed by atoms with E-state index in [4.69, 9.17) is 5.73 Å². The van der Waals surface area contributed by atoms with E-state index in [1.807, 2.05) is 0 Å². The monoisotopic (exact) mass is 198 g/mol. The Balaban J connectivity index is 3.22. The minimum atomic E-state index is -0.363. The highest BCUT2D eigenvalue weighted by molar-refractivity contribution is 5.91. The molecule has 2 N–H and O–H groups in total. The van der Waals surface area contributed by atoms with Crippen LogP contribution < -0.4 is 5.73 Å². The number of nitrogens with zero attached hydrogens (tertiary/aromatic N) is 1. The lowest BCUT2D eigenvalue weighted by Crippen LogP contribution is -2.13. The van der Waals surface area contributed by atoms with Crippen molar-refractivity contribution >= 4 is 5.91 Å². The Morgan fingerprint density at radius 3 is 2.29 bits per heavy atom. The first-order chi connectivity index (χ1) is 6.54. The molecule has 0 heterocycles. The number of carbonyl (C=O) groups excluding carboxylic acids is 1. The summed E-state index contributed by atoms with van der Waals surface area (Å²) in [5, 5.41) is 0. The molecule has 82 valence electrons. The first-order valence-electron chi connectivity index (χ1n) is 5.16. The van der Waals surface area contributed by atoms with E-state index in [1.165, 1.54) is 12.8 Å². The predicted molar refractivity (Wildman–Crippen MR) is 60.0 cm³/mol. The first-order valence-corrected chi connectivity index (χ1v) is 5.16. The molecule has 0 bridgehead atoms. The van der Waals surface area contributed by atoms with Gasteiger partial charge in [-0.05, 0) is 39.9 Å². The first kappa shape index (κ1) is 13.2. The Labute approximate surface area is 87.0 Å². The third kappa shape index (κ3) is 7.80. The van der Waals surface area contributed by atoms with Gasteiger partial charge in [0.15, 0.2) is 0 Å². The Kier molecular flexibility index (Phi) is 7.11. The molecule has 0 unspecified atom stereocenters. The molecule has 0 spiro atoms. The summed E-state index contributed by atoms with van der Waals surface area (Å²) in [6.07, 6.45) is 5.35. The van der Waals surface area contributed by atoms with Crippen molar-refractivity contribution in [3.05, 3.63) is 12.2 Å². The summed E-state index contributed by atoms with van der Waals surface area (Å²) in [6, 6.07) is 0. The van der Waals surface area contributed by atoms with E-state index >= 15 is 0 Å². The molecule has 0 aromatic carbocycles. The van der Waals surface area contributed by atoms with E-state index in [-0.39, 0.29) is 5.91 Å². The molecule has 0 aromatic rings. The second kappa shape index (κ2) is 7.56. The van der Waals surface area contributed by atoms with Crippen LogP contribution in [0.15, 0.2) is 12.2 Å². The van der Waals surface area contributed by atoms with Crippen LogP contribution in [0.1, 0.15) is 32.1 Å². The van der Waals surface area contributed by atoms with Crippen LogP contribution in [0, 0.1) is 0 Å². The van der Waals surface area contributed by atoms with Gasteiger partial charge in [-0.2, -0.15) is 0 Å². The van der Waals surface area contributed by atoms with Gasteiger partial charge in [-0.15, -0.1) is 0 Å². The molecule has 0 aliphatic carbocycles. The van der Waals surface area contributed by atoms with Crippen molar-refractivity contribution in [2.75, 3.05) is 20.6 Å². The Morgan fingerprint density at radius 1 is 1.21 bits per heavy atom.